The van der Waals surface area contributed by atoms with Gasteiger partial charge in [-0.25, -0.2) is 23.0 Å². The molecule has 36 heavy (non-hydrogen) atoms. The van der Waals surface area contributed by atoms with E-state index in [4.69, 9.17) is 14.2 Å². The molecule has 0 amide bonds. The summed E-state index contributed by atoms with van der Waals surface area (Å²) in [5.74, 6) is 0.109. The van der Waals surface area contributed by atoms with E-state index in [0.717, 1.165) is 25.7 Å². The van der Waals surface area contributed by atoms with Gasteiger partial charge in [0.15, 0.2) is 0 Å². The van der Waals surface area contributed by atoms with Crippen LogP contribution >= 0.6 is 0 Å². The Morgan fingerprint density at radius 1 is 1.06 bits per heavy atom. The molecule has 1 saturated carbocycles. The smallest absolute Gasteiger partial charge is 0.146 e. The number of hydrogen-bond donors (Lipinski definition) is 1. The Bertz CT molecular complexity index is 1360. The third-order valence-electron chi connectivity index (χ3n) is 6.48. The summed E-state index contributed by atoms with van der Waals surface area (Å²) in [4.78, 5) is 8.42. The molecule has 1 aliphatic heterocycles. The average Bonchev–Trinajstić information content (AvgIpc) is 2.86. The van der Waals surface area contributed by atoms with Gasteiger partial charge in [-0.15, -0.1) is 0 Å². The number of anilines is 2. The molecule has 1 aliphatic carbocycles. The van der Waals surface area contributed by atoms with Crippen molar-refractivity contribution >= 4 is 37.8 Å². The van der Waals surface area contributed by atoms with Crippen molar-refractivity contribution < 1.29 is 27.2 Å². The second kappa shape index (κ2) is 10.6. The van der Waals surface area contributed by atoms with Crippen LogP contribution in [0.4, 0.5) is 26.0 Å². The molecule has 11 heteroatoms. The number of aromatic nitrogens is 2. The number of nitrogens with zero attached hydrogens (tertiary/aromatic N) is 3. The van der Waals surface area contributed by atoms with Crippen LogP contribution in [0.3, 0.4) is 0 Å². The van der Waals surface area contributed by atoms with Gasteiger partial charge in [-0.05, 0) is 43.9 Å². The zero-order valence-electron chi connectivity index (χ0n) is 19.9. The van der Waals surface area contributed by atoms with Crippen LogP contribution < -0.4 is 10.1 Å². The lowest BCUT2D eigenvalue weighted by molar-refractivity contribution is 0.0329. The SMILES string of the molecule is CO[C@H]1CC[C@H](Oc2cc(F)ccc2Nc2ncnc3cc(N=S4(=O)CCOCC4)cc(F)c23)CC1. The molecule has 192 valence electrons. The maximum atomic E-state index is 15.3. The monoisotopic (exact) mass is 518 g/mol. The Morgan fingerprint density at radius 2 is 1.81 bits per heavy atom. The quantitative estimate of drug-likeness (QED) is 0.484. The predicted octanol–water partition coefficient (Wildman–Crippen LogP) is 5.12. The van der Waals surface area contributed by atoms with Crippen molar-refractivity contribution in [1.29, 1.82) is 0 Å². The Morgan fingerprint density at radius 3 is 2.56 bits per heavy atom. The molecule has 1 saturated heterocycles. The predicted molar refractivity (Wildman–Crippen MR) is 134 cm³/mol. The van der Waals surface area contributed by atoms with Gasteiger partial charge in [0.2, 0.25) is 0 Å². The molecule has 1 N–H and O–H groups in total. The van der Waals surface area contributed by atoms with Crippen molar-refractivity contribution in [3.05, 3.63) is 48.3 Å². The zero-order chi connectivity index (χ0) is 25.1. The maximum absolute atomic E-state index is 15.3. The number of nitrogens with one attached hydrogen (secondary N) is 1. The lowest BCUT2D eigenvalue weighted by Gasteiger charge is -2.28. The summed E-state index contributed by atoms with van der Waals surface area (Å²) >= 11 is 0. The third kappa shape index (κ3) is 5.58. The Balaban J connectivity index is 1.44. The highest BCUT2D eigenvalue weighted by Crippen LogP contribution is 2.35. The standard InChI is InChI=1S/C25H28F2N4O4S/c1-33-18-3-5-19(6-4-18)35-23-12-16(26)2-7-21(23)30-25-24-20(27)13-17(14-22(24)28-15-29-25)31-36(32)10-8-34-9-11-36/h2,7,12-15,18-19H,3-6,8-11H2,1H3,(H,28,29,30)/t18-,19-. The summed E-state index contributed by atoms with van der Waals surface area (Å²) in [5, 5.41) is 3.24. The zero-order valence-corrected chi connectivity index (χ0v) is 20.7. The molecule has 0 radical (unpaired) electrons. The number of methoxy groups -OCH3 is 1. The third-order valence-corrected chi connectivity index (χ3v) is 8.64. The minimum Gasteiger partial charge on any atom is -0.488 e. The summed E-state index contributed by atoms with van der Waals surface area (Å²) < 4.78 is 63.5. The summed E-state index contributed by atoms with van der Waals surface area (Å²) in [6.45, 7) is 0.731. The Hall–Kier alpha value is -2.89. The number of benzene rings is 2. The van der Waals surface area contributed by atoms with Gasteiger partial charge in [0.1, 0.15) is 29.5 Å². The van der Waals surface area contributed by atoms with Crippen molar-refractivity contribution in [1.82, 2.24) is 9.97 Å². The maximum Gasteiger partial charge on any atom is 0.146 e. The van der Waals surface area contributed by atoms with E-state index in [0.29, 0.717) is 41.7 Å². The molecule has 3 aromatic rings. The summed E-state index contributed by atoms with van der Waals surface area (Å²) in [7, 11) is -0.800. The fourth-order valence-corrected chi connectivity index (χ4v) is 6.16. The number of ether oxygens (including phenoxy) is 3. The fourth-order valence-electron chi connectivity index (χ4n) is 4.53. The number of fused-ring (bicyclic) bond motifs is 1. The van der Waals surface area contributed by atoms with E-state index in [1.165, 1.54) is 30.6 Å². The fraction of sp³-hybridized carbons (Fsp3) is 0.440. The largest absolute Gasteiger partial charge is 0.488 e. The van der Waals surface area contributed by atoms with E-state index >= 15 is 4.39 Å². The molecule has 2 aromatic carbocycles. The summed E-state index contributed by atoms with van der Waals surface area (Å²) in [6.07, 6.45) is 4.77. The first-order valence-electron chi connectivity index (χ1n) is 11.9. The van der Waals surface area contributed by atoms with Crippen molar-refractivity contribution in [3.63, 3.8) is 0 Å². The first-order valence-corrected chi connectivity index (χ1v) is 13.8. The summed E-state index contributed by atoms with van der Waals surface area (Å²) in [6, 6.07) is 6.97. The molecule has 2 aliphatic rings. The van der Waals surface area contributed by atoms with E-state index in [-0.39, 0.29) is 29.1 Å². The number of halogens is 2. The van der Waals surface area contributed by atoms with Gasteiger partial charge in [-0.1, -0.05) is 0 Å². The van der Waals surface area contributed by atoms with Crippen molar-refractivity contribution in [3.8, 4) is 5.75 Å². The second-order valence-electron chi connectivity index (χ2n) is 8.95. The first-order chi connectivity index (χ1) is 17.4. The van der Waals surface area contributed by atoms with Gasteiger partial charge in [0, 0.05) is 19.2 Å². The molecule has 2 fully saturated rings. The molecule has 5 rings (SSSR count). The molecule has 0 unspecified atom stereocenters. The minimum absolute atomic E-state index is 0.0751. The lowest BCUT2D eigenvalue weighted by atomic mass is 9.95. The van der Waals surface area contributed by atoms with Gasteiger partial charge in [-0.2, -0.15) is 4.36 Å². The topological polar surface area (TPSA) is 94.9 Å². The highest BCUT2D eigenvalue weighted by Gasteiger charge is 2.24. The highest BCUT2D eigenvalue weighted by molar-refractivity contribution is 7.93. The van der Waals surface area contributed by atoms with E-state index in [1.807, 2.05) is 0 Å². The van der Waals surface area contributed by atoms with Crippen LogP contribution in [0.25, 0.3) is 10.9 Å². The summed E-state index contributed by atoms with van der Waals surface area (Å²) in [5.41, 5.74) is 1.03. The number of hydrogen-bond acceptors (Lipinski definition) is 8. The Labute approximate surface area is 208 Å². The van der Waals surface area contributed by atoms with Crippen molar-refractivity contribution in [2.45, 2.75) is 37.9 Å². The van der Waals surface area contributed by atoms with Crippen molar-refractivity contribution in [2.24, 2.45) is 4.36 Å². The van der Waals surface area contributed by atoms with E-state index in [9.17, 15) is 8.60 Å². The van der Waals surface area contributed by atoms with Gasteiger partial charge in [-0.3, -0.25) is 0 Å². The van der Waals surface area contributed by atoms with Crippen LogP contribution in [0.2, 0.25) is 0 Å². The molecular formula is C25H28F2N4O4S. The molecule has 2 heterocycles. The van der Waals surface area contributed by atoms with Gasteiger partial charge in [0.25, 0.3) is 0 Å². The minimum atomic E-state index is -2.50. The second-order valence-corrected chi connectivity index (χ2v) is 11.5. The van der Waals surface area contributed by atoms with E-state index < -0.39 is 21.4 Å². The van der Waals surface area contributed by atoms with E-state index in [2.05, 4.69) is 19.6 Å². The van der Waals surface area contributed by atoms with Crippen LogP contribution in [0, 0.1) is 11.6 Å². The lowest BCUT2D eigenvalue weighted by Crippen LogP contribution is -2.27. The van der Waals surface area contributed by atoms with Crippen LogP contribution in [0.5, 0.6) is 5.75 Å². The highest BCUT2D eigenvalue weighted by atomic mass is 32.2. The number of rotatable bonds is 6. The van der Waals surface area contributed by atoms with Gasteiger partial charge >= 0.3 is 0 Å². The van der Waals surface area contributed by atoms with Gasteiger partial charge in [0.05, 0.1) is 68.9 Å². The van der Waals surface area contributed by atoms with Crippen LogP contribution in [-0.2, 0) is 19.2 Å². The average molecular weight is 519 g/mol. The normalized spacial score (nSPS) is 21.8. The molecule has 0 atom stereocenters. The van der Waals surface area contributed by atoms with E-state index in [1.54, 1.807) is 13.2 Å². The molecule has 1 aromatic heterocycles. The van der Waals surface area contributed by atoms with Crippen molar-refractivity contribution in [2.75, 3.05) is 37.1 Å². The van der Waals surface area contributed by atoms with Gasteiger partial charge < -0.3 is 19.5 Å². The molecule has 8 nitrogen and oxygen atoms in total. The van der Waals surface area contributed by atoms with Crippen LogP contribution in [0.15, 0.2) is 41.0 Å². The molecular weight excluding hydrogens is 490 g/mol. The molecule has 0 bridgehead atoms. The first kappa shape index (κ1) is 24.8. The van der Waals surface area contributed by atoms with Crippen LogP contribution in [-0.4, -0.2) is 58.2 Å². The molecule has 0 spiro atoms. The van der Waals surface area contributed by atoms with Crippen LogP contribution in [0.1, 0.15) is 25.7 Å². The Kier molecular flexibility index (Phi) is 7.31.